The molecule has 0 saturated carbocycles. The quantitative estimate of drug-likeness (QED) is 0.793. The minimum atomic E-state index is 0.748. The van der Waals surface area contributed by atoms with Gasteiger partial charge in [-0.15, -0.1) is 0 Å². The highest BCUT2D eigenvalue weighted by Gasteiger charge is 2.29. The normalized spacial score (nSPS) is 24.1. The van der Waals surface area contributed by atoms with Crippen LogP contribution in [-0.4, -0.2) is 22.5 Å². The third-order valence-corrected chi connectivity index (χ3v) is 4.55. The maximum absolute atomic E-state index is 4.79. The minimum absolute atomic E-state index is 0.748. The van der Waals surface area contributed by atoms with Crippen molar-refractivity contribution in [3.05, 3.63) is 30.1 Å². The molecule has 2 unspecified atom stereocenters. The first-order chi connectivity index (χ1) is 8.70. The van der Waals surface area contributed by atoms with Gasteiger partial charge in [0.15, 0.2) is 5.82 Å². The van der Waals surface area contributed by atoms with Crippen LogP contribution in [0.15, 0.2) is 24.4 Å². The van der Waals surface area contributed by atoms with E-state index in [2.05, 4.69) is 57.4 Å². The molecule has 0 spiro atoms. The van der Waals surface area contributed by atoms with E-state index in [-0.39, 0.29) is 0 Å². The topological polar surface area (TPSA) is 20.5 Å². The Morgan fingerprint density at radius 2 is 2.00 bits per heavy atom. The third kappa shape index (κ3) is 1.83. The van der Waals surface area contributed by atoms with Gasteiger partial charge in [0.2, 0.25) is 0 Å². The molecule has 96 valence electrons. The van der Waals surface area contributed by atoms with Gasteiger partial charge in [-0.05, 0) is 24.0 Å². The van der Waals surface area contributed by atoms with Crippen LogP contribution < -0.4 is 4.90 Å². The number of pyridine rings is 1. The monoisotopic (exact) mass is 307 g/mol. The van der Waals surface area contributed by atoms with E-state index in [0.29, 0.717) is 0 Å². The molecule has 2 aromatic heterocycles. The molecule has 0 aromatic carbocycles. The van der Waals surface area contributed by atoms with E-state index in [1.54, 1.807) is 0 Å². The highest BCUT2D eigenvalue weighted by atomic mass is 79.9. The number of anilines is 1. The summed E-state index contributed by atoms with van der Waals surface area (Å²) in [5.74, 6) is 2.64. The number of hydrogen-bond acceptors (Lipinski definition) is 2. The van der Waals surface area contributed by atoms with Crippen LogP contribution in [0.25, 0.3) is 5.65 Å². The Morgan fingerprint density at radius 3 is 2.67 bits per heavy atom. The lowest BCUT2D eigenvalue weighted by Crippen LogP contribution is -2.21. The van der Waals surface area contributed by atoms with E-state index < -0.39 is 0 Å². The Bertz CT molecular complexity index is 553. The van der Waals surface area contributed by atoms with E-state index >= 15 is 0 Å². The molecule has 4 heteroatoms. The summed E-state index contributed by atoms with van der Waals surface area (Å²) in [4.78, 5) is 7.22. The summed E-state index contributed by atoms with van der Waals surface area (Å²) in [5, 5.41) is 0.840. The van der Waals surface area contributed by atoms with Crippen LogP contribution in [0.5, 0.6) is 0 Å². The molecule has 3 heterocycles. The van der Waals surface area contributed by atoms with Gasteiger partial charge < -0.3 is 9.30 Å². The molecular formula is C14H18BrN3. The maximum atomic E-state index is 4.79. The Balaban J connectivity index is 2.06. The lowest BCUT2D eigenvalue weighted by Gasteiger charge is -2.16. The first-order valence-corrected chi connectivity index (χ1v) is 7.59. The van der Waals surface area contributed by atoms with Crippen LogP contribution in [0.2, 0.25) is 0 Å². The molecule has 1 saturated heterocycles. The molecule has 2 atom stereocenters. The molecule has 18 heavy (non-hydrogen) atoms. The van der Waals surface area contributed by atoms with Crippen molar-refractivity contribution in [2.24, 2.45) is 11.8 Å². The SMILES string of the molecule is CC1CN(c2nc3ccccn3c2CBr)CC1C. The van der Waals surface area contributed by atoms with Crippen molar-refractivity contribution in [2.45, 2.75) is 19.2 Å². The number of nitrogens with zero attached hydrogens (tertiary/aromatic N) is 3. The number of rotatable bonds is 2. The molecular weight excluding hydrogens is 290 g/mol. The summed E-state index contributed by atoms with van der Waals surface area (Å²) in [6.07, 6.45) is 2.09. The summed E-state index contributed by atoms with van der Waals surface area (Å²) in [5.41, 5.74) is 2.29. The van der Waals surface area contributed by atoms with Crippen LogP contribution in [0.4, 0.5) is 5.82 Å². The highest BCUT2D eigenvalue weighted by Crippen LogP contribution is 2.31. The molecule has 0 amide bonds. The van der Waals surface area contributed by atoms with E-state index in [0.717, 1.165) is 41.7 Å². The van der Waals surface area contributed by atoms with Crippen LogP contribution in [0.1, 0.15) is 19.5 Å². The Hall–Kier alpha value is -1.03. The van der Waals surface area contributed by atoms with Crippen molar-refractivity contribution in [3.63, 3.8) is 0 Å². The number of alkyl halides is 1. The van der Waals surface area contributed by atoms with Gasteiger partial charge in [0.05, 0.1) is 5.69 Å². The second-order valence-electron chi connectivity index (χ2n) is 5.30. The molecule has 3 nitrogen and oxygen atoms in total. The fraction of sp³-hybridized carbons (Fsp3) is 0.500. The summed E-state index contributed by atoms with van der Waals surface area (Å²) >= 11 is 3.60. The zero-order valence-electron chi connectivity index (χ0n) is 10.8. The highest BCUT2D eigenvalue weighted by molar-refractivity contribution is 9.08. The van der Waals surface area contributed by atoms with Crippen molar-refractivity contribution < 1.29 is 0 Å². The zero-order chi connectivity index (χ0) is 12.7. The van der Waals surface area contributed by atoms with E-state index in [1.807, 2.05) is 6.07 Å². The summed E-state index contributed by atoms with van der Waals surface area (Å²) in [7, 11) is 0. The van der Waals surface area contributed by atoms with Crippen molar-refractivity contribution in [3.8, 4) is 0 Å². The van der Waals surface area contributed by atoms with Crippen molar-refractivity contribution in [2.75, 3.05) is 18.0 Å². The molecule has 0 aliphatic carbocycles. The maximum Gasteiger partial charge on any atom is 0.152 e. The lowest BCUT2D eigenvalue weighted by molar-refractivity contribution is 0.494. The number of imidazole rings is 1. The molecule has 1 aliphatic heterocycles. The minimum Gasteiger partial charge on any atom is -0.355 e. The van der Waals surface area contributed by atoms with Crippen LogP contribution in [-0.2, 0) is 5.33 Å². The fourth-order valence-electron chi connectivity index (χ4n) is 2.71. The second-order valence-corrected chi connectivity index (χ2v) is 5.86. The Kier molecular flexibility index (Phi) is 3.06. The van der Waals surface area contributed by atoms with Crippen molar-refractivity contribution in [1.29, 1.82) is 0 Å². The molecule has 0 bridgehead atoms. The standard InChI is InChI=1S/C14H18BrN3/c1-10-8-17(9-11(10)2)14-12(7-15)18-6-4-3-5-13(18)16-14/h3-6,10-11H,7-9H2,1-2H3. The smallest absolute Gasteiger partial charge is 0.152 e. The average Bonchev–Trinajstić information content (AvgIpc) is 2.90. The Labute approximate surface area is 116 Å². The van der Waals surface area contributed by atoms with Gasteiger partial charge in [0.1, 0.15) is 5.65 Å². The van der Waals surface area contributed by atoms with Crippen LogP contribution in [0, 0.1) is 11.8 Å². The van der Waals surface area contributed by atoms with E-state index in [1.165, 1.54) is 5.69 Å². The molecule has 2 aromatic rings. The zero-order valence-corrected chi connectivity index (χ0v) is 12.4. The largest absolute Gasteiger partial charge is 0.355 e. The lowest BCUT2D eigenvalue weighted by atomic mass is 10.0. The summed E-state index contributed by atoms with van der Waals surface area (Å²) in [6.45, 7) is 6.89. The predicted molar refractivity (Wildman–Crippen MR) is 78.4 cm³/mol. The number of hydrogen-bond donors (Lipinski definition) is 0. The van der Waals surface area contributed by atoms with Gasteiger partial charge in [-0.1, -0.05) is 35.8 Å². The average molecular weight is 308 g/mol. The van der Waals surface area contributed by atoms with Crippen molar-refractivity contribution in [1.82, 2.24) is 9.38 Å². The van der Waals surface area contributed by atoms with Gasteiger partial charge in [-0.25, -0.2) is 4.98 Å². The molecule has 3 rings (SSSR count). The summed E-state index contributed by atoms with van der Waals surface area (Å²) < 4.78 is 2.18. The van der Waals surface area contributed by atoms with Gasteiger partial charge >= 0.3 is 0 Å². The van der Waals surface area contributed by atoms with Gasteiger partial charge in [-0.3, -0.25) is 0 Å². The van der Waals surface area contributed by atoms with Crippen molar-refractivity contribution >= 4 is 27.4 Å². The van der Waals surface area contributed by atoms with E-state index in [9.17, 15) is 0 Å². The number of halogens is 1. The van der Waals surface area contributed by atoms with Gasteiger partial charge in [0, 0.05) is 24.6 Å². The number of fused-ring (bicyclic) bond motifs is 1. The predicted octanol–water partition coefficient (Wildman–Crippen LogP) is 3.32. The molecule has 0 radical (unpaired) electrons. The fourth-order valence-corrected chi connectivity index (χ4v) is 3.24. The number of aromatic nitrogens is 2. The Morgan fingerprint density at radius 1 is 1.28 bits per heavy atom. The van der Waals surface area contributed by atoms with Gasteiger partial charge in [-0.2, -0.15) is 0 Å². The van der Waals surface area contributed by atoms with Crippen LogP contribution in [0.3, 0.4) is 0 Å². The first kappa shape index (κ1) is 12.0. The molecule has 0 N–H and O–H groups in total. The molecule has 1 aliphatic rings. The summed E-state index contributed by atoms with van der Waals surface area (Å²) in [6, 6.07) is 6.16. The van der Waals surface area contributed by atoms with E-state index in [4.69, 9.17) is 4.98 Å². The van der Waals surface area contributed by atoms with Crippen LogP contribution >= 0.6 is 15.9 Å². The molecule has 1 fully saturated rings. The first-order valence-electron chi connectivity index (χ1n) is 6.47. The third-order valence-electron chi connectivity index (χ3n) is 4.02. The second kappa shape index (κ2) is 4.57. The van der Waals surface area contributed by atoms with Gasteiger partial charge in [0.25, 0.3) is 0 Å².